The summed E-state index contributed by atoms with van der Waals surface area (Å²) in [5, 5.41) is 0. The topological polar surface area (TPSA) is 35.5 Å². The molecule has 4 rings (SSSR count). The molecule has 2 aromatic rings. The van der Waals surface area contributed by atoms with E-state index in [4.69, 9.17) is 9.97 Å². The van der Waals surface area contributed by atoms with Crippen LogP contribution in [0.25, 0.3) is 0 Å². The number of para-hydroxylation sites is 1. The van der Waals surface area contributed by atoms with Gasteiger partial charge in [0, 0.05) is 44.0 Å². The maximum Gasteiger partial charge on any atom is 0.139 e. The summed E-state index contributed by atoms with van der Waals surface area (Å²) in [5.74, 6) is 2.94. The van der Waals surface area contributed by atoms with Gasteiger partial charge in [-0.3, -0.25) is 0 Å². The molecule has 2 aliphatic rings. The lowest BCUT2D eigenvalue weighted by atomic mass is 10.1. The smallest absolute Gasteiger partial charge is 0.139 e. The van der Waals surface area contributed by atoms with Gasteiger partial charge in [0.05, 0.1) is 0 Å². The number of nitrogens with zero attached hydrogens (tertiary/aromatic N) is 5. The van der Waals surface area contributed by atoms with E-state index in [0.717, 1.165) is 56.6 Å². The molecule has 0 spiro atoms. The van der Waals surface area contributed by atoms with Crippen LogP contribution < -0.4 is 9.80 Å². The number of benzene rings is 1. The molecule has 1 unspecified atom stereocenters. The third-order valence-electron chi connectivity index (χ3n) is 5.41. The molecule has 0 N–H and O–H groups in total. The van der Waals surface area contributed by atoms with Crippen LogP contribution in [0.3, 0.4) is 0 Å². The molecule has 0 radical (unpaired) electrons. The van der Waals surface area contributed by atoms with E-state index in [9.17, 15) is 0 Å². The Kier molecular flexibility index (Phi) is 4.34. The van der Waals surface area contributed by atoms with Crippen molar-refractivity contribution in [3.63, 3.8) is 0 Å². The Balaban J connectivity index is 1.65. The fraction of sp³-hybridized carbons (Fsp3) is 0.500. The van der Waals surface area contributed by atoms with Crippen LogP contribution in [-0.4, -0.2) is 53.6 Å². The van der Waals surface area contributed by atoms with E-state index >= 15 is 0 Å². The van der Waals surface area contributed by atoms with Crippen LogP contribution in [0.4, 0.5) is 17.3 Å². The summed E-state index contributed by atoms with van der Waals surface area (Å²) in [5.41, 5.74) is 2.69. The summed E-state index contributed by atoms with van der Waals surface area (Å²) in [6.45, 7) is 11.9. The van der Waals surface area contributed by atoms with E-state index in [1.807, 2.05) is 6.92 Å². The number of anilines is 3. The SMILES string of the molecule is CCN1CCN(c2cc(N3c4ccccc4CC3C)nc(C)n2)CC1. The van der Waals surface area contributed by atoms with E-state index in [-0.39, 0.29) is 0 Å². The Morgan fingerprint density at radius 1 is 1.04 bits per heavy atom. The van der Waals surface area contributed by atoms with Crippen LogP contribution >= 0.6 is 0 Å². The van der Waals surface area contributed by atoms with Gasteiger partial charge in [0.2, 0.25) is 0 Å². The van der Waals surface area contributed by atoms with Gasteiger partial charge in [0.15, 0.2) is 0 Å². The number of hydrogen-bond donors (Lipinski definition) is 0. The number of aryl methyl sites for hydroxylation is 1. The highest BCUT2D eigenvalue weighted by Crippen LogP contribution is 2.38. The Morgan fingerprint density at radius 3 is 2.52 bits per heavy atom. The summed E-state index contributed by atoms with van der Waals surface area (Å²) in [7, 11) is 0. The van der Waals surface area contributed by atoms with Crippen molar-refractivity contribution >= 4 is 17.3 Å². The molecule has 1 aromatic carbocycles. The fourth-order valence-corrected chi connectivity index (χ4v) is 4.03. The van der Waals surface area contributed by atoms with Crippen molar-refractivity contribution in [3.8, 4) is 0 Å². The molecule has 0 bridgehead atoms. The second-order valence-corrected chi connectivity index (χ2v) is 7.10. The molecule has 5 heteroatoms. The lowest BCUT2D eigenvalue weighted by Crippen LogP contribution is -2.46. The largest absolute Gasteiger partial charge is 0.354 e. The second-order valence-electron chi connectivity index (χ2n) is 7.10. The Hall–Kier alpha value is -2.14. The number of aromatic nitrogens is 2. The maximum atomic E-state index is 4.77. The first-order chi connectivity index (χ1) is 12.2. The predicted molar refractivity (Wildman–Crippen MR) is 103 cm³/mol. The first kappa shape index (κ1) is 16.3. The highest BCUT2D eigenvalue weighted by molar-refractivity contribution is 5.70. The predicted octanol–water partition coefficient (Wildman–Crippen LogP) is 3.01. The average Bonchev–Trinajstić information content (AvgIpc) is 2.97. The maximum absolute atomic E-state index is 4.77. The molecule has 1 saturated heterocycles. The van der Waals surface area contributed by atoms with Gasteiger partial charge in [-0.1, -0.05) is 25.1 Å². The van der Waals surface area contributed by atoms with E-state index in [0.29, 0.717) is 6.04 Å². The molecule has 0 aliphatic carbocycles. The normalized spacial score (nSPS) is 20.8. The van der Waals surface area contributed by atoms with Gasteiger partial charge in [-0.15, -0.1) is 0 Å². The zero-order chi connectivity index (χ0) is 17.4. The van der Waals surface area contributed by atoms with Crippen LogP contribution in [0.1, 0.15) is 25.2 Å². The van der Waals surface area contributed by atoms with E-state index < -0.39 is 0 Å². The highest BCUT2D eigenvalue weighted by atomic mass is 15.3. The minimum absolute atomic E-state index is 0.427. The molecule has 1 aromatic heterocycles. The second kappa shape index (κ2) is 6.64. The summed E-state index contributed by atoms with van der Waals surface area (Å²) >= 11 is 0. The van der Waals surface area contributed by atoms with Crippen LogP contribution in [0, 0.1) is 6.92 Å². The number of piperazine rings is 1. The molecular weight excluding hydrogens is 310 g/mol. The van der Waals surface area contributed by atoms with Crippen LogP contribution in [0.15, 0.2) is 30.3 Å². The van der Waals surface area contributed by atoms with Crippen molar-refractivity contribution in [1.29, 1.82) is 0 Å². The molecule has 5 nitrogen and oxygen atoms in total. The highest BCUT2D eigenvalue weighted by Gasteiger charge is 2.29. The van der Waals surface area contributed by atoms with Crippen LogP contribution in [0.2, 0.25) is 0 Å². The molecule has 0 amide bonds. The first-order valence-corrected chi connectivity index (χ1v) is 9.36. The molecular formula is C20H27N5. The third-order valence-corrected chi connectivity index (χ3v) is 5.41. The number of hydrogen-bond acceptors (Lipinski definition) is 5. The lowest BCUT2D eigenvalue weighted by molar-refractivity contribution is 0.270. The first-order valence-electron chi connectivity index (χ1n) is 9.36. The van der Waals surface area contributed by atoms with Crippen molar-refractivity contribution in [3.05, 3.63) is 41.7 Å². The van der Waals surface area contributed by atoms with Crippen molar-refractivity contribution in [1.82, 2.24) is 14.9 Å². The molecule has 1 fully saturated rings. The van der Waals surface area contributed by atoms with Gasteiger partial charge < -0.3 is 14.7 Å². The van der Waals surface area contributed by atoms with Gasteiger partial charge in [-0.25, -0.2) is 9.97 Å². The van der Waals surface area contributed by atoms with E-state index in [1.165, 1.54) is 11.3 Å². The number of fused-ring (bicyclic) bond motifs is 1. The summed E-state index contributed by atoms with van der Waals surface area (Å²) < 4.78 is 0. The molecule has 1 atom stereocenters. The van der Waals surface area contributed by atoms with Crippen molar-refractivity contribution < 1.29 is 0 Å². The van der Waals surface area contributed by atoms with Gasteiger partial charge in [-0.2, -0.15) is 0 Å². The Labute approximate surface area is 150 Å². The van der Waals surface area contributed by atoms with Gasteiger partial charge in [-0.05, 0) is 38.4 Å². The quantitative estimate of drug-likeness (QED) is 0.860. The summed E-state index contributed by atoms with van der Waals surface area (Å²) in [6.07, 6.45) is 1.07. The molecule has 3 heterocycles. The monoisotopic (exact) mass is 337 g/mol. The Bertz CT molecular complexity index is 752. The molecule has 132 valence electrons. The number of rotatable bonds is 3. The van der Waals surface area contributed by atoms with Gasteiger partial charge >= 0.3 is 0 Å². The van der Waals surface area contributed by atoms with Crippen molar-refractivity contribution in [2.75, 3.05) is 42.5 Å². The van der Waals surface area contributed by atoms with Crippen molar-refractivity contribution in [2.24, 2.45) is 0 Å². The zero-order valence-corrected chi connectivity index (χ0v) is 15.4. The third kappa shape index (κ3) is 3.09. The average molecular weight is 337 g/mol. The number of likely N-dealkylation sites (N-methyl/N-ethyl adjacent to an activating group) is 1. The lowest BCUT2D eigenvalue weighted by Gasteiger charge is -2.35. The summed E-state index contributed by atoms with van der Waals surface area (Å²) in [6, 6.07) is 11.3. The van der Waals surface area contributed by atoms with Crippen molar-refractivity contribution in [2.45, 2.75) is 33.2 Å². The van der Waals surface area contributed by atoms with Crippen LogP contribution in [0.5, 0.6) is 0 Å². The molecule has 0 saturated carbocycles. The van der Waals surface area contributed by atoms with E-state index in [1.54, 1.807) is 0 Å². The van der Waals surface area contributed by atoms with Gasteiger partial charge in [0.25, 0.3) is 0 Å². The molecule has 25 heavy (non-hydrogen) atoms. The zero-order valence-electron chi connectivity index (χ0n) is 15.4. The Morgan fingerprint density at radius 2 is 1.76 bits per heavy atom. The standard InChI is InChI=1S/C20H27N5/c1-4-23-9-11-24(12-10-23)19-14-20(22-16(3)21-19)25-15(2)13-17-7-5-6-8-18(17)25/h5-8,14-15H,4,9-13H2,1-3H3. The molecule has 2 aliphatic heterocycles. The van der Waals surface area contributed by atoms with Gasteiger partial charge in [0.1, 0.15) is 17.5 Å². The minimum Gasteiger partial charge on any atom is -0.354 e. The summed E-state index contributed by atoms with van der Waals surface area (Å²) in [4.78, 5) is 16.8. The van der Waals surface area contributed by atoms with Crippen LogP contribution in [-0.2, 0) is 6.42 Å². The minimum atomic E-state index is 0.427. The fourth-order valence-electron chi connectivity index (χ4n) is 4.03. The van der Waals surface area contributed by atoms with E-state index in [2.05, 4.69) is 58.9 Å².